The minimum Gasteiger partial charge on any atom is -0.464 e. The van der Waals surface area contributed by atoms with Crippen LogP contribution in [0, 0.1) is 0 Å². The number of fused-ring (bicyclic) bond motifs is 1. The van der Waals surface area contributed by atoms with Gasteiger partial charge in [0.05, 0.1) is 12.1 Å². The molecular weight excluding hydrogens is 276 g/mol. The summed E-state index contributed by atoms with van der Waals surface area (Å²) in [6, 6.07) is 6.11. The molecule has 0 saturated heterocycles. The van der Waals surface area contributed by atoms with Crippen LogP contribution in [0.15, 0.2) is 24.3 Å². The molecule has 0 fully saturated rings. The molecule has 0 saturated carbocycles. The third-order valence-electron chi connectivity index (χ3n) is 2.80. The summed E-state index contributed by atoms with van der Waals surface area (Å²) in [6.07, 6.45) is -1.28. The van der Waals surface area contributed by atoms with Crippen LogP contribution in [0.25, 0.3) is 10.9 Å². The molecule has 1 aromatic heterocycles. The van der Waals surface area contributed by atoms with E-state index in [4.69, 9.17) is 4.74 Å². The maximum Gasteiger partial charge on any atom is 0.416 e. The first-order chi connectivity index (χ1) is 9.93. The van der Waals surface area contributed by atoms with Crippen LogP contribution in [0.2, 0.25) is 0 Å². The predicted octanol–water partition coefficient (Wildman–Crippen LogP) is 2.30. The molecule has 0 unspecified atom stereocenters. The predicted molar refractivity (Wildman–Crippen MR) is 75.6 cm³/mol. The molecule has 1 heterocycles. The molecule has 0 atom stereocenters. The van der Waals surface area contributed by atoms with Crippen LogP contribution < -0.4 is 5.32 Å². The van der Waals surface area contributed by atoms with Gasteiger partial charge in [0.1, 0.15) is 5.69 Å². The van der Waals surface area contributed by atoms with Crippen molar-refractivity contribution >= 4 is 34.6 Å². The second-order valence-electron chi connectivity index (χ2n) is 4.32. The van der Waals surface area contributed by atoms with Crippen molar-refractivity contribution in [1.82, 2.24) is 4.57 Å². The van der Waals surface area contributed by atoms with E-state index in [1.165, 1.54) is 19.1 Å². The van der Waals surface area contributed by atoms with Crippen LogP contribution in [0.5, 0.6) is 0 Å². The molecule has 21 heavy (non-hydrogen) atoms. The van der Waals surface area contributed by atoms with Gasteiger partial charge in [-0.1, -0.05) is 0 Å². The Kier molecular flexibility index (Phi) is 3.93. The molecule has 2 aromatic rings. The van der Waals surface area contributed by atoms with Gasteiger partial charge in [0.25, 0.3) is 0 Å². The number of rotatable bonds is 3. The minimum atomic E-state index is -1.28. The van der Waals surface area contributed by atoms with Crippen molar-refractivity contribution in [3.8, 4) is 0 Å². The second kappa shape index (κ2) is 5.66. The zero-order valence-electron chi connectivity index (χ0n) is 11.5. The zero-order valence-corrected chi connectivity index (χ0v) is 11.5. The maximum absolute atomic E-state index is 11.8. The Morgan fingerprint density at radius 2 is 2.00 bits per heavy atom. The average Bonchev–Trinajstić information content (AvgIpc) is 2.76. The third-order valence-corrected chi connectivity index (χ3v) is 2.80. The van der Waals surface area contributed by atoms with E-state index in [2.05, 4.69) is 5.32 Å². The number of carbonyl (C=O) groups is 3. The SMILES string of the molecule is CCOC(=O)c1cc2cc(NC(C)=O)ccc2n1C(=O)O. The standard InChI is InChI=1S/C14H14N2O5/c1-3-21-13(18)12-7-9-6-10(15-8(2)17)4-5-11(9)16(12)14(19)20/h4-7H,3H2,1-2H3,(H,15,17)(H,19,20). The van der Waals surface area contributed by atoms with Crippen LogP contribution in [0.4, 0.5) is 10.5 Å². The Hall–Kier alpha value is -2.83. The smallest absolute Gasteiger partial charge is 0.416 e. The van der Waals surface area contributed by atoms with E-state index < -0.39 is 12.1 Å². The molecule has 7 nitrogen and oxygen atoms in total. The van der Waals surface area contributed by atoms with Crippen molar-refractivity contribution in [3.63, 3.8) is 0 Å². The molecule has 0 aliphatic carbocycles. The lowest BCUT2D eigenvalue weighted by Gasteiger charge is -2.05. The fraction of sp³-hybridized carbons (Fsp3) is 0.214. The summed E-state index contributed by atoms with van der Waals surface area (Å²) in [5, 5.41) is 12.4. The first kappa shape index (κ1) is 14.6. The number of carboxylic acid groups (broad SMARTS) is 1. The summed E-state index contributed by atoms with van der Waals surface area (Å²) in [5.74, 6) is -0.949. The third kappa shape index (κ3) is 2.86. The monoisotopic (exact) mass is 290 g/mol. The van der Waals surface area contributed by atoms with Gasteiger partial charge in [-0.05, 0) is 31.2 Å². The Morgan fingerprint density at radius 3 is 2.57 bits per heavy atom. The van der Waals surface area contributed by atoms with Crippen molar-refractivity contribution < 1.29 is 24.2 Å². The molecule has 110 valence electrons. The van der Waals surface area contributed by atoms with Gasteiger partial charge < -0.3 is 15.2 Å². The van der Waals surface area contributed by atoms with Gasteiger partial charge in [0.15, 0.2) is 0 Å². The van der Waals surface area contributed by atoms with E-state index in [0.29, 0.717) is 16.6 Å². The van der Waals surface area contributed by atoms with E-state index in [1.807, 2.05) is 0 Å². The fourth-order valence-corrected chi connectivity index (χ4v) is 2.06. The molecule has 2 rings (SSSR count). The molecular formula is C14H14N2O5. The van der Waals surface area contributed by atoms with Gasteiger partial charge in [-0.3, -0.25) is 4.79 Å². The number of aromatic nitrogens is 1. The summed E-state index contributed by atoms with van der Waals surface area (Å²) in [7, 11) is 0. The number of carbonyl (C=O) groups excluding carboxylic acids is 2. The van der Waals surface area contributed by atoms with Crippen LogP contribution >= 0.6 is 0 Å². The first-order valence-electron chi connectivity index (χ1n) is 6.27. The molecule has 2 N–H and O–H groups in total. The van der Waals surface area contributed by atoms with E-state index >= 15 is 0 Å². The van der Waals surface area contributed by atoms with Gasteiger partial charge in [0.2, 0.25) is 5.91 Å². The lowest BCUT2D eigenvalue weighted by molar-refractivity contribution is -0.114. The number of ether oxygens (including phenoxy) is 1. The zero-order chi connectivity index (χ0) is 15.6. The normalized spacial score (nSPS) is 10.4. The Bertz CT molecular complexity index is 732. The molecule has 0 radical (unpaired) electrons. The number of anilines is 1. The number of benzene rings is 1. The summed E-state index contributed by atoms with van der Waals surface area (Å²) in [6.45, 7) is 3.16. The number of esters is 1. The second-order valence-corrected chi connectivity index (χ2v) is 4.32. The first-order valence-corrected chi connectivity index (χ1v) is 6.27. The molecule has 0 bridgehead atoms. The van der Waals surface area contributed by atoms with Crippen LogP contribution in [0.1, 0.15) is 24.3 Å². The Morgan fingerprint density at radius 1 is 1.29 bits per heavy atom. The summed E-state index contributed by atoms with van der Waals surface area (Å²) in [4.78, 5) is 34.2. The highest BCUT2D eigenvalue weighted by Crippen LogP contribution is 2.24. The molecule has 1 aromatic carbocycles. The van der Waals surface area contributed by atoms with E-state index in [-0.39, 0.29) is 18.2 Å². The summed E-state index contributed by atoms with van der Waals surface area (Å²) in [5.41, 5.74) is 0.798. The van der Waals surface area contributed by atoms with Crippen molar-refractivity contribution in [2.45, 2.75) is 13.8 Å². The van der Waals surface area contributed by atoms with E-state index in [9.17, 15) is 19.5 Å². The summed E-state index contributed by atoms with van der Waals surface area (Å²) >= 11 is 0. The quantitative estimate of drug-likeness (QED) is 0.845. The molecule has 0 spiro atoms. The van der Waals surface area contributed by atoms with Crippen molar-refractivity contribution in [3.05, 3.63) is 30.0 Å². The minimum absolute atomic E-state index is 0.0701. The average molecular weight is 290 g/mol. The van der Waals surface area contributed by atoms with E-state index in [1.54, 1.807) is 19.1 Å². The molecule has 1 amide bonds. The van der Waals surface area contributed by atoms with Crippen molar-refractivity contribution in [2.75, 3.05) is 11.9 Å². The van der Waals surface area contributed by atoms with Gasteiger partial charge >= 0.3 is 12.1 Å². The number of nitrogens with zero attached hydrogens (tertiary/aromatic N) is 1. The van der Waals surface area contributed by atoms with Crippen LogP contribution in [-0.2, 0) is 9.53 Å². The highest BCUT2D eigenvalue weighted by atomic mass is 16.5. The Labute approximate surface area is 120 Å². The summed E-state index contributed by atoms with van der Waals surface area (Å²) < 4.78 is 5.72. The maximum atomic E-state index is 11.8. The van der Waals surface area contributed by atoms with Gasteiger partial charge in [-0.15, -0.1) is 0 Å². The molecule has 0 aliphatic rings. The molecule has 0 aliphatic heterocycles. The Balaban J connectivity index is 2.58. The fourth-order valence-electron chi connectivity index (χ4n) is 2.06. The van der Waals surface area contributed by atoms with Gasteiger partial charge in [-0.2, -0.15) is 0 Å². The van der Waals surface area contributed by atoms with E-state index in [0.717, 1.165) is 4.57 Å². The lowest BCUT2D eigenvalue weighted by Crippen LogP contribution is -2.17. The van der Waals surface area contributed by atoms with Crippen LogP contribution in [0.3, 0.4) is 0 Å². The topological polar surface area (TPSA) is 97.6 Å². The number of amides is 1. The highest BCUT2D eigenvalue weighted by molar-refractivity contribution is 6.02. The molecule has 7 heteroatoms. The number of nitrogens with one attached hydrogen (secondary N) is 1. The van der Waals surface area contributed by atoms with Crippen molar-refractivity contribution in [2.24, 2.45) is 0 Å². The largest absolute Gasteiger partial charge is 0.464 e. The highest BCUT2D eigenvalue weighted by Gasteiger charge is 2.20. The van der Waals surface area contributed by atoms with Gasteiger partial charge in [0, 0.05) is 18.0 Å². The van der Waals surface area contributed by atoms with Crippen molar-refractivity contribution in [1.29, 1.82) is 0 Å². The van der Waals surface area contributed by atoms with Gasteiger partial charge in [-0.25, -0.2) is 14.2 Å². The lowest BCUT2D eigenvalue weighted by atomic mass is 10.2. The number of hydrogen-bond donors (Lipinski definition) is 2. The van der Waals surface area contributed by atoms with Crippen LogP contribution in [-0.4, -0.2) is 34.3 Å². The number of hydrogen-bond acceptors (Lipinski definition) is 4.